The Bertz CT molecular complexity index is 317. The molecule has 1 aliphatic rings. The van der Waals surface area contributed by atoms with Crippen LogP contribution in [0.15, 0.2) is 24.4 Å². The van der Waals surface area contributed by atoms with Gasteiger partial charge in [0, 0.05) is 36.8 Å². The molecule has 1 saturated heterocycles. The highest BCUT2D eigenvalue weighted by atomic mass is 32.2. The number of aromatic nitrogens is 1. The van der Waals surface area contributed by atoms with E-state index in [1.54, 1.807) is 0 Å². The standard InChI is InChI=1S/C12H19N3S/c1-10-9-16-7-6-15(10)12(8-13)11-4-2-3-5-14-11/h2-5,10,12H,6-9,13H2,1H3. The molecule has 0 aromatic carbocycles. The quantitative estimate of drug-likeness (QED) is 0.865. The van der Waals surface area contributed by atoms with Gasteiger partial charge in [0.1, 0.15) is 0 Å². The van der Waals surface area contributed by atoms with Gasteiger partial charge in [-0.3, -0.25) is 9.88 Å². The summed E-state index contributed by atoms with van der Waals surface area (Å²) in [4.78, 5) is 6.92. The summed E-state index contributed by atoms with van der Waals surface area (Å²) in [5, 5.41) is 0. The third-order valence-electron chi connectivity index (χ3n) is 3.07. The van der Waals surface area contributed by atoms with Crippen molar-refractivity contribution in [3.05, 3.63) is 30.1 Å². The Kier molecular flexibility index (Phi) is 4.21. The number of nitrogens with zero attached hydrogens (tertiary/aromatic N) is 2. The number of thioether (sulfide) groups is 1. The van der Waals surface area contributed by atoms with Crippen molar-refractivity contribution in [2.45, 2.75) is 19.0 Å². The van der Waals surface area contributed by atoms with Crippen LogP contribution in [0.3, 0.4) is 0 Å². The zero-order valence-electron chi connectivity index (χ0n) is 9.67. The van der Waals surface area contributed by atoms with Crippen molar-refractivity contribution in [3.63, 3.8) is 0 Å². The lowest BCUT2D eigenvalue weighted by Gasteiger charge is -2.38. The molecule has 2 heterocycles. The second kappa shape index (κ2) is 5.66. The Balaban J connectivity index is 2.15. The fraction of sp³-hybridized carbons (Fsp3) is 0.583. The van der Waals surface area contributed by atoms with Crippen molar-refractivity contribution in [2.75, 3.05) is 24.6 Å². The van der Waals surface area contributed by atoms with E-state index in [9.17, 15) is 0 Å². The number of hydrogen-bond acceptors (Lipinski definition) is 4. The van der Waals surface area contributed by atoms with Crippen LogP contribution in [-0.4, -0.2) is 40.5 Å². The van der Waals surface area contributed by atoms with Gasteiger partial charge < -0.3 is 5.73 Å². The molecule has 0 saturated carbocycles. The molecule has 1 fully saturated rings. The summed E-state index contributed by atoms with van der Waals surface area (Å²) in [6.07, 6.45) is 1.85. The van der Waals surface area contributed by atoms with E-state index in [4.69, 9.17) is 5.73 Å². The Hall–Kier alpha value is -0.580. The van der Waals surface area contributed by atoms with Crippen molar-refractivity contribution in [1.29, 1.82) is 0 Å². The first-order valence-corrected chi connectivity index (χ1v) is 6.93. The van der Waals surface area contributed by atoms with Gasteiger partial charge in [-0.15, -0.1) is 0 Å². The zero-order chi connectivity index (χ0) is 11.4. The average Bonchev–Trinajstić information content (AvgIpc) is 2.34. The zero-order valence-corrected chi connectivity index (χ0v) is 10.5. The first-order chi connectivity index (χ1) is 7.83. The molecule has 0 amide bonds. The van der Waals surface area contributed by atoms with Crippen molar-refractivity contribution >= 4 is 11.8 Å². The van der Waals surface area contributed by atoms with Gasteiger partial charge in [0.2, 0.25) is 0 Å². The van der Waals surface area contributed by atoms with E-state index in [0.29, 0.717) is 12.6 Å². The van der Waals surface area contributed by atoms with Crippen molar-refractivity contribution in [3.8, 4) is 0 Å². The molecule has 0 bridgehead atoms. The first-order valence-electron chi connectivity index (χ1n) is 5.77. The lowest BCUT2D eigenvalue weighted by atomic mass is 10.1. The summed E-state index contributed by atoms with van der Waals surface area (Å²) >= 11 is 2.03. The Morgan fingerprint density at radius 3 is 3.12 bits per heavy atom. The summed E-state index contributed by atoms with van der Waals surface area (Å²) in [5.74, 6) is 2.40. The van der Waals surface area contributed by atoms with E-state index in [1.807, 2.05) is 30.1 Å². The van der Waals surface area contributed by atoms with E-state index < -0.39 is 0 Å². The lowest BCUT2D eigenvalue weighted by molar-refractivity contribution is 0.163. The third-order valence-corrected chi connectivity index (χ3v) is 4.26. The molecule has 2 atom stereocenters. The van der Waals surface area contributed by atoms with Gasteiger partial charge in [-0.1, -0.05) is 6.07 Å². The molecule has 0 aliphatic carbocycles. The molecule has 1 aliphatic heterocycles. The van der Waals surface area contributed by atoms with Crippen LogP contribution in [0.2, 0.25) is 0 Å². The van der Waals surface area contributed by atoms with Gasteiger partial charge >= 0.3 is 0 Å². The Morgan fingerprint density at radius 1 is 1.62 bits per heavy atom. The minimum Gasteiger partial charge on any atom is -0.329 e. The minimum atomic E-state index is 0.275. The monoisotopic (exact) mass is 237 g/mol. The maximum atomic E-state index is 5.91. The summed E-state index contributed by atoms with van der Waals surface area (Å²) in [7, 11) is 0. The molecule has 3 nitrogen and oxygen atoms in total. The average molecular weight is 237 g/mol. The molecule has 2 unspecified atom stereocenters. The van der Waals surface area contributed by atoms with E-state index in [2.05, 4.69) is 22.9 Å². The first kappa shape index (κ1) is 11.9. The maximum Gasteiger partial charge on any atom is 0.0647 e. The highest BCUT2D eigenvalue weighted by Gasteiger charge is 2.27. The van der Waals surface area contributed by atoms with Crippen LogP contribution in [0.25, 0.3) is 0 Å². The SMILES string of the molecule is CC1CSCCN1C(CN)c1ccccn1. The lowest BCUT2D eigenvalue weighted by Crippen LogP contribution is -2.45. The molecular formula is C12H19N3S. The van der Waals surface area contributed by atoms with Crippen molar-refractivity contribution in [1.82, 2.24) is 9.88 Å². The Labute approximate surface area is 101 Å². The fourth-order valence-electron chi connectivity index (χ4n) is 2.20. The summed E-state index contributed by atoms with van der Waals surface area (Å²) < 4.78 is 0. The number of rotatable bonds is 3. The molecule has 2 N–H and O–H groups in total. The van der Waals surface area contributed by atoms with Crippen molar-refractivity contribution in [2.24, 2.45) is 5.73 Å². The number of pyridine rings is 1. The molecule has 0 spiro atoms. The van der Waals surface area contributed by atoms with Crippen LogP contribution in [0.4, 0.5) is 0 Å². The number of hydrogen-bond donors (Lipinski definition) is 1. The largest absolute Gasteiger partial charge is 0.329 e. The van der Waals surface area contributed by atoms with Gasteiger partial charge in [0.15, 0.2) is 0 Å². The van der Waals surface area contributed by atoms with E-state index in [0.717, 1.165) is 12.2 Å². The number of nitrogens with two attached hydrogens (primary N) is 1. The van der Waals surface area contributed by atoms with Gasteiger partial charge in [0.25, 0.3) is 0 Å². The second-order valence-electron chi connectivity index (χ2n) is 4.17. The summed E-state index contributed by atoms with van der Waals surface area (Å²) in [5.41, 5.74) is 7.01. The molecule has 1 aromatic rings. The van der Waals surface area contributed by atoms with Gasteiger partial charge in [-0.05, 0) is 19.1 Å². The predicted octanol–water partition coefficient (Wildman–Crippen LogP) is 1.52. The topological polar surface area (TPSA) is 42.1 Å². The molecule has 1 aromatic heterocycles. The van der Waals surface area contributed by atoms with Crippen LogP contribution in [0.5, 0.6) is 0 Å². The van der Waals surface area contributed by atoms with Gasteiger partial charge in [0.05, 0.1) is 11.7 Å². The molecule has 4 heteroatoms. The van der Waals surface area contributed by atoms with Gasteiger partial charge in [-0.2, -0.15) is 11.8 Å². The predicted molar refractivity (Wildman–Crippen MR) is 69.5 cm³/mol. The third kappa shape index (κ3) is 2.56. The molecule has 2 rings (SSSR count). The smallest absolute Gasteiger partial charge is 0.0647 e. The maximum absolute atomic E-state index is 5.91. The highest BCUT2D eigenvalue weighted by molar-refractivity contribution is 7.99. The summed E-state index contributed by atoms with van der Waals surface area (Å²) in [6, 6.07) is 6.93. The van der Waals surface area contributed by atoms with Crippen molar-refractivity contribution < 1.29 is 0 Å². The molecule has 88 valence electrons. The minimum absolute atomic E-state index is 0.275. The normalized spacial score (nSPS) is 24.2. The molecular weight excluding hydrogens is 218 g/mol. The van der Waals surface area contributed by atoms with Crippen LogP contribution in [0, 0.1) is 0 Å². The highest BCUT2D eigenvalue weighted by Crippen LogP contribution is 2.25. The second-order valence-corrected chi connectivity index (χ2v) is 5.32. The van der Waals surface area contributed by atoms with E-state index in [1.165, 1.54) is 11.5 Å². The van der Waals surface area contributed by atoms with E-state index in [-0.39, 0.29) is 6.04 Å². The van der Waals surface area contributed by atoms with E-state index >= 15 is 0 Å². The molecule has 16 heavy (non-hydrogen) atoms. The molecule has 0 radical (unpaired) electrons. The van der Waals surface area contributed by atoms with Crippen LogP contribution >= 0.6 is 11.8 Å². The van der Waals surface area contributed by atoms with Gasteiger partial charge in [-0.25, -0.2) is 0 Å². The van der Waals surface area contributed by atoms with Crippen LogP contribution < -0.4 is 5.73 Å². The Morgan fingerprint density at radius 2 is 2.50 bits per heavy atom. The fourth-order valence-corrected chi connectivity index (χ4v) is 3.24. The summed E-state index contributed by atoms with van der Waals surface area (Å²) in [6.45, 7) is 4.04. The van der Waals surface area contributed by atoms with Crippen LogP contribution in [0.1, 0.15) is 18.7 Å². The van der Waals surface area contributed by atoms with Crippen LogP contribution in [-0.2, 0) is 0 Å².